The third kappa shape index (κ3) is 5.76. The molecule has 8 heteroatoms. The lowest BCUT2D eigenvalue weighted by Gasteiger charge is -2.40. The van der Waals surface area contributed by atoms with Crippen molar-refractivity contribution in [3.05, 3.63) is 83.6 Å². The van der Waals surface area contributed by atoms with Crippen molar-refractivity contribution in [3.8, 4) is 0 Å². The van der Waals surface area contributed by atoms with Crippen LogP contribution in [0.3, 0.4) is 0 Å². The molecule has 3 aliphatic rings. The van der Waals surface area contributed by atoms with Gasteiger partial charge in [-0.1, -0.05) is 56.3 Å². The Labute approximate surface area is 261 Å². The number of unbranched alkanes of at least 4 members (excludes halogenated alkanes) is 1. The molecule has 2 aromatic rings. The van der Waals surface area contributed by atoms with Crippen LogP contribution in [0.5, 0.6) is 0 Å². The Balaban J connectivity index is 1.26. The monoisotopic (exact) mass is 602 g/mol. The number of aliphatic hydroxyl groups is 4. The molecule has 0 saturated heterocycles. The highest BCUT2D eigenvalue weighted by molar-refractivity contribution is 6.03. The van der Waals surface area contributed by atoms with E-state index in [4.69, 9.17) is 0 Å². The normalized spacial score (nSPS) is 28.1. The van der Waals surface area contributed by atoms with Gasteiger partial charge in [-0.3, -0.25) is 4.79 Å². The van der Waals surface area contributed by atoms with Crippen LogP contribution in [-0.2, 0) is 15.6 Å². The predicted octanol–water partition coefficient (Wildman–Crippen LogP) is 3.68. The summed E-state index contributed by atoms with van der Waals surface area (Å²) in [5.41, 5.74) is 7.18. The number of anilines is 1. The molecule has 0 spiro atoms. The zero-order valence-corrected chi connectivity index (χ0v) is 26.6. The van der Waals surface area contributed by atoms with Gasteiger partial charge in [0, 0.05) is 60.0 Å². The number of aliphatic hydroxyl groups excluding tert-OH is 4. The number of fused-ring (bicyclic) bond motifs is 2. The summed E-state index contributed by atoms with van der Waals surface area (Å²) in [6, 6.07) is 16.1. The number of rotatable bonds is 9. The standard InChI is InChI=1S/C36H47N3O5/c1-35(2)24-13-6-8-15-26(24)38(5)29(35)17-12-18-30-36(3,4)25-14-7-9-16-27(25)39(30)20-11-10-19-31(42)37-32-28(41)21-23(22-40)33(43)34(32)44/h6-9,12-18,23,28,32-34,40-41,43-44H,10-11,19-22H2,1-5H3/p+1/t23-,28?,32-,33-,34-/m1/s1. The number of hydrogen-bond acceptors (Lipinski definition) is 6. The molecule has 5 N–H and O–H groups in total. The first-order valence-electron chi connectivity index (χ1n) is 15.8. The Morgan fingerprint density at radius 2 is 1.66 bits per heavy atom. The fourth-order valence-electron chi connectivity index (χ4n) is 7.41. The second-order valence-electron chi connectivity index (χ2n) is 13.6. The molecular formula is C36H48N3O5+. The first-order valence-corrected chi connectivity index (χ1v) is 15.8. The van der Waals surface area contributed by atoms with Crippen molar-refractivity contribution in [1.29, 1.82) is 0 Å². The number of nitrogens with zero attached hydrogens (tertiary/aromatic N) is 2. The zero-order valence-electron chi connectivity index (χ0n) is 26.6. The Bertz CT molecular complexity index is 1480. The van der Waals surface area contributed by atoms with E-state index in [1.807, 2.05) is 0 Å². The van der Waals surface area contributed by atoms with Crippen LogP contribution in [0.4, 0.5) is 11.4 Å². The Hall–Kier alpha value is -3.30. The van der Waals surface area contributed by atoms with Crippen LogP contribution in [0, 0.1) is 5.92 Å². The van der Waals surface area contributed by atoms with Crippen LogP contribution in [0.1, 0.15) is 64.5 Å². The van der Waals surface area contributed by atoms with Crippen molar-refractivity contribution in [2.75, 3.05) is 25.1 Å². The average molecular weight is 603 g/mol. The molecule has 0 bridgehead atoms. The van der Waals surface area contributed by atoms with Crippen LogP contribution in [-0.4, -0.2) is 81.2 Å². The number of benzene rings is 2. The van der Waals surface area contributed by atoms with E-state index in [0.717, 1.165) is 13.0 Å². The molecule has 1 saturated carbocycles. The number of amides is 1. The fraction of sp³-hybridized carbons (Fsp3) is 0.500. The van der Waals surface area contributed by atoms with E-state index in [0.29, 0.717) is 6.42 Å². The third-order valence-corrected chi connectivity index (χ3v) is 10.0. The van der Waals surface area contributed by atoms with Crippen molar-refractivity contribution in [2.24, 2.45) is 5.92 Å². The molecule has 1 fully saturated rings. The summed E-state index contributed by atoms with van der Waals surface area (Å²) >= 11 is 0. The van der Waals surface area contributed by atoms with E-state index in [-0.39, 0.29) is 36.2 Å². The van der Waals surface area contributed by atoms with Crippen LogP contribution in [0.25, 0.3) is 0 Å². The van der Waals surface area contributed by atoms with Gasteiger partial charge in [-0.25, -0.2) is 0 Å². The molecule has 5 atom stereocenters. The first-order chi connectivity index (χ1) is 20.9. The zero-order chi connectivity index (χ0) is 31.8. The van der Waals surface area contributed by atoms with Gasteiger partial charge >= 0.3 is 0 Å². The highest BCUT2D eigenvalue weighted by Crippen LogP contribution is 2.48. The summed E-state index contributed by atoms with van der Waals surface area (Å²) in [5, 5.41) is 43.1. The number of para-hydroxylation sites is 2. The average Bonchev–Trinajstić information content (AvgIpc) is 3.33. The fourth-order valence-corrected chi connectivity index (χ4v) is 7.41. The molecule has 44 heavy (non-hydrogen) atoms. The molecule has 8 nitrogen and oxygen atoms in total. The van der Waals surface area contributed by atoms with Crippen LogP contribution in [0.15, 0.2) is 72.5 Å². The molecule has 5 rings (SSSR count). The third-order valence-electron chi connectivity index (χ3n) is 10.0. The van der Waals surface area contributed by atoms with E-state index >= 15 is 0 Å². The van der Waals surface area contributed by atoms with Gasteiger partial charge in [0.2, 0.25) is 11.6 Å². The van der Waals surface area contributed by atoms with Crippen LogP contribution >= 0.6 is 0 Å². The Kier molecular flexibility index (Phi) is 9.19. The molecule has 2 heterocycles. The number of carbonyl (C=O) groups excluding carboxylic acids is 1. The van der Waals surface area contributed by atoms with Crippen molar-refractivity contribution < 1.29 is 29.8 Å². The molecule has 1 amide bonds. The molecule has 236 valence electrons. The van der Waals surface area contributed by atoms with E-state index in [2.05, 4.69) is 116 Å². The van der Waals surface area contributed by atoms with Gasteiger partial charge in [0.1, 0.15) is 13.2 Å². The summed E-state index contributed by atoms with van der Waals surface area (Å²) < 4.78 is 2.28. The minimum absolute atomic E-state index is 0.100. The van der Waals surface area contributed by atoms with Gasteiger partial charge in [-0.2, -0.15) is 4.58 Å². The quantitative estimate of drug-likeness (QED) is 0.221. The lowest BCUT2D eigenvalue weighted by atomic mass is 9.79. The number of hydrogen-bond donors (Lipinski definition) is 5. The van der Waals surface area contributed by atoms with Crippen molar-refractivity contribution in [1.82, 2.24) is 5.32 Å². The summed E-state index contributed by atoms with van der Waals surface area (Å²) in [4.78, 5) is 15.1. The number of nitrogens with one attached hydrogen (secondary N) is 1. The molecule has 0 radical (unpaired) electrons. The summed E-state index contributed by atoms with van der Waals surface area (Å²) in [5.74, 6) is -0.886. The van der Waals surface area contributed by atoms with Crippen molar-refractivity contribution in [2.45, 2.75) is 88.6 Å². The highest BCUT2D eigenvalue weighted by Gasteiger charge is 2.44. The first kappa shape index (κ1) is 32.1. The molecule has 1 aliphatic carbocycles. The lowest BCUT2D eigenvalue weighted by molar-refractivity contribution is -0.401. The summed E-state index contributed by atoms with van der Waals surface area (Å²) in [6.07, 6.45) is 4.83. The minimum Gasteiger partial charge on any atom is -0.396 e. The largest absolute Gasteiger partial charge is 0.396 e. The van der Waals surface area contributed by atoms with E-state index in [1.54, 1.807) is 0 Å². The second-order valence-corrected chi connectivity index (χ2v) is 13.6. The molecule has 2 aliphatic heterocycles. The van der Waals surface area contributed by atoms with Gasteiger partial charge in [0.15, 0.2) is 5.71 Å². The lowest BCUT2D eigenvalue weighted by Crippen LogP contribution is -2.61. The summed E-state index contributed by atoms with van der Waals surface area (Å²) in [6.45, 7) is 9.45. The maximum Gasteiger partial charge on any atom is 0.220 e. The Morgan fingerprint density at radius 3 is 2.36 bits per heavy atom. The Morgan fingerprint density at radius 1 is 0.977 bits per heavy atom. The van der Waals surface area contributed by atoms with Gasteiger partial charge in [0.25, 0.3) is 0 Å². The van der Waals surface area contributed by atoms with Crippen LogP contribution < -0.4 is 10.2 Å². The molecule has 0 aromatic heterocycles. The van der Waals surface area contributed by atoms with Gasteiger partial charge < -0.3 is 30.6 Å². The van der Waals surface area contributed by atoms with E-state index in [9.17, 15) is 25.2 Å². The summed E-state index contributed by atoms with van der Waals surface area (Å²) in [7, 11) is 2.13. The van der Waals surface area contributed by atoms with Gasteiger partial charge in [0.05, 0.1) is 23.7 Å². The molecule has 1 unspecified atom stereocenters. The molecule has 2 aromatic carbocycles. The van der Waals surface area contributed by atoms with Gasteiger partial charge in [-0.15, -0.1) is 0 Å². The maximum atomic E-state index is 12.7. The number of allylic oxidation sites excluding steroid dienone is 4. The van der Waals surface area contributed by atoms with Crippen molar-refractivity contribution >= 4 is 23.0 Å². The maximum absolute atomic E-state index is 12.7. The highest BCUT2D eigenvalue weighted by atomic mass is 16.3. The SMILES string of the molecule is C[N+]1=C(/C=C/C=C2/N(CCCCC(=O)N[C@@H]3C(O)C[C@H](CO)[C@@H](O)[C@@H]3O)c3ccccc3C2(C)C)C(C)(C)c2ccccc21. The predicted molar refractivity (Wildman–Crippen MR) is 173 cm³/mol. The van der Waals surface area contributed by atoms with E-state index in [1.165, 1.54) is 33.9 Å². The van der Waals surface area contributed by atoms with Gasteiger partial charge in [-0.05, 0) is 50.8 Å². The second kappa shape index (κ2) is 12.6. The molecular weight excluding hydrogens is 554 g/mol. The minimum atomic E-state index is -1.33. The van der Waals surface area contributed by atoms with Crippen molar-refractivity contribution in [3.63, 3.8) is 0 Å². The van der Waals surface area contributed by atoms with Crippen LogP contribution in [0.2, 0.25) is 0 Å². The number of carbonyl (C=O) groups is 1. The van der Waals surface area contributed by atoms with E-state index < -0.39 is 30.3 Å². The topological polar surface area (TPSA) is 116 Å². The smallest absolute Gasteiger partial charge is 0.220 e.